The van der Waals surface area contributed by atoms with E-state index in [1.807, 2.05) is 73.0 Å². The molecular formula is C27H24N2O2S. The Morgan fingerprint density at radius 3 is 2.41 bits per heavy atom. The Hall–Kier alpha value is -3.31. The van der Waals surface area contributed by atoms with Gasteiger partial charge < -0.3 is 5.32 Å². The second-order valence-corrected chi connectivity index (χ2v) is 8.91. The summed E-state index contributed by atoms with van der Waals surface area (Å²) >= 11 is 1.67. The zero-order valence-electron chi connectivity index (χ0n) is 17.9. The smallest absolute Gasteiger partial charge is 0.259 e. The van der Waals surface area contributed by atoms with Crippen LogP contribution in [0.2, 0.25) is 0 Å². The lowest BCUT2D eigenvalue weighted by Gasteiger charge is -2.34. The summed E-state index contributed by atoms with van der Waals surface area (Å²) in [6.07, 6.45) is 4.15. The van der Waals surface area contributed by atoms with Crippen molar-refractivity contribution in [2.45, 2.75) is 30.2 Å². The Kier molecular flexibility index (Phi) is 5.58. The van der Waals surface area contributed by atoms with Crippen LogP contribution < -0.4 is 10.2 Å². The highest BCUT2D eigenvalue weighted by atomic mass is 32.2. The second kappa shape index (κ2) is 8.67. The molecule has 0 unspecified atom stereocenters. The zero-order chi connectivity index (χ0) is 22.1. The predicted octanol–water partition coefficient (Wildman–Crippen LogP) is 6.23. The van der Waals surface area contributed by atoms with Crippen LogP contribution in [-0.4, -0.2) is 17.9 Å². The molecule has 5 heteroatoms. The van der Waals surface area contributed by atoms with E-state index in [1.165, 1.54) is 0 Å². The van der Waals surface area contributed by atoms with Gasteiger partial charge in [0.2, 0.25) is 0 Å². The minimum atomic E-state index is -0.488. The fourth-order valence-corrected chi connectivity index (χ4v) is 4.99. The van der Waals surface area contributed by atoms with Crippen LogP contribution in [0.1, 0.15) is 41.2 Å². The maximum Gasteiger partial charge on any atom is 0.259 e. The van der Waals surface area contributed by atoms with Gasteiger partial charge in [-0.2, -0.15) is 0 Å². The number of rotatable bonds is 3. The van der Waals surface area contributed by atoms with Crippen molar-refractivity contribution in [1.29, 1.82) is 0 Å². The predicted molar refractivity (Wildman–Crippen MR) is 130 cm³/mol. The third kappa shape index (κ3) is 3.63. The molecule has 0 radical (unpaired) electrons. The van der Waals surface area contributed by atoms with Gasteiger partial charge in [0.05, 0.1) is 17.4 Å². The van der Waals surface area contributed by atoms with Gasteiger partial charge in [0.15, 0.2) is 5.78 Å². The van der Waals surface area contributed by atoms with Gasteiger partial charge in [0.25, 0.3) is 5.91 Å². The average Bonchev–Trinajstić information content (AvgIpc) is 2.99. The van der Waals surface area contributed by atoms with Gasteiger partial charge in [-0.05, 0) is 61.1 Å². The number of hydrogen-bond donors (Lipinski definition) is 1. The molecule has 1 heterocycles. The van der Waals surface area contributed by atoms with Crippen molar-refractivity contribution in [3.05, 3.63) is 101 Å². The largest absolute Gasteiger partial charge is 0.357 e. The molecular weight excluding hydrogens is 416 g/mol. The van der Waals surface area contributed by atoms with Gasteiger partial charge in [-0.25, -0.2) is 0 Å². The Bertz CT molecular complexity index is 1200. The molecule has 32 heavy (non-hydrogen) atoms. The highest BCUT2D eigenvalue weighted by molar-refractivity contribution is 7.98. The molecule has 3 aromatic rings. The lowest BCUT2D eigenvalue weighted by Crippen LogP contribution is -2.38. The first kappa shape index (κ1) is 20.6. The van der Waals surface area contributed by atoms with Crippen LogP contribution in [0.4, 0.5) is 11.4 Å². The van der Waals surface area contributed by atoms with E-state index in [-0.39, 0.29) is 11.7 Å². The maximum absolute atomic E-state index is 14.0. The molecule has 1 aliphatic carbocycles. The summed E-state index contributed by atoms with van der Waals surface area (Å²) < 4.78 is 0. The number of ketones is 1. The molecule has 0 bridgehead atoms. The normalized spacial score (nSPS) is 17.8. The summed E-state index contributed by atoms with van der Waals surface area (Å²) in [4.78, 5) is 30.2. The molecule has 0 fully saturated rings. The number of anilines is 2. The first-order chi connectivity index (χ1) is 15.7. The minimum Gasteiger partial charge on any atom is -0.357 e. The number of amides is 1. The van der Waals surface area contributed by atoms with Gasteiger partial charge in [0.1, 0.15) is 0 Å². The molecule has 0 saturated carbocycles. The Morgan fingerprint density at radius 2 is 1.66 bits per heavy atom. The molecule has 4 nitrogen and oxygen atoms in total. The second-order valence-electron chi connectivity index (χ2n) is 8.03. The molecule has 3 aromatic carbocycles. The number of para-hydroxylation sites is 2. The molecule has 1 N–H and O–H groups in total. The highest BCUT2D eigenvalue weighted by Crippen LogP contribution is 2.45. The van der Waals surface area contributed by atoms with Crippen molar-refractivity contribution >= 4 is 34.8 Å². The average molecular weight is 441 g/mol. The van der Waals surface area contributed by atoms with E-state index in [4.69, 9.17) is 0 Å². The van der Waals surface area contributed by atoms with Crippen molar-refractivity contribution in [1.82, 2.24) is 0 Å². The third-order valence-corrected chi connectivity index (χ3v) is 6.85. The standard InChI is InChI=1S/C27H24N2O2S/c1-32-20-16-14-18(15-17-20)26-25-22(11-7-13-24(25)30)28-21-10-5-6-12-23(21)29(26)27(31)19-8-3-2-4-9-19/h2-6,8-10,12,14-17,26,28H,7,11,13H2,1H3/t26-/m0/s1. The lowest BCUT2D eigenvalue weighted by molar-refractivity contribution is -0.116. The molecule has 0 saturated heterocycles. The van der Waals surface area contributed by atoms with Gasteiger partial charge in [-0.15, -0.1) is 11.8 Å². The van der Waals surface area contributed by atoms with E-state index in [1.54, 1.807) is 16.7 Å². The highest BCUT2D eigenvalue weighted by Gasteiger charge is 2.39. The van der Waals surface area contributed by atoms with Crippen molar-refractivity contribution in [2.75, 3.05) is 16.5 Å². The molecule has 160 valence electrons. The van der Waals surface area contributed by atoms with Gasteiger partial charge in [-0.3, -0.25) is 14.5 Å². The van der Waals surface area contributed by atoms with E-state index in [0.717, 1.165) is 40.4 Å². The van der Waals surface area contributed by atoms with Gasteiger partial charge >= 0.3 is 0 Å². The van der Waals surface area contributed by atoms with Crippen LogP contribution in [-0.2, 0) is 4.79 Å². The summed E-state index contributed by atoms with van der Waals surface area (Å²) in [7, 11) is 0. The Morgan fingerprint density at radius 1 is 0.938 bits per heavy atom. The molecule has 0 spiro atoms. The van der Waals surface area contributed by atoms with Crippen molar-refractivity contribution in [3.8, 4) is 0 Å². The van der Waals surface area contributed by atoms with Crippen LogP contribution in [0.3, 0.4) is 0 Å². The summed E-state index contributed by atoms with van der Waals surface area (Å²) in [5.41, 5.74) is 4.79. The molecule has 1 amide bonds. The third-order valence-electron chi connectivity index (χ3n) is 6.11. The fourth-order valence-electron chi connectivity index (χ4n) is 4.58. The first-order valence-electron chi connectivity index (χ1n) is 10.8. The number of fused-ring (bicyclic) bond motifs is 1. The summed E-state index contributed by atoms with van der Waals surface area (Å²) in [6.45, 7) is 0. The fraction of sp³-hybridized carbons (Fsp3) is 0.185. The summed E-state index contributed by atoms with van der Waals surface area (Å²) in [5, 5.41) is 3.51. The lowest BCUT2D eigenvalue weighted by atomic mass is 9.85. The number of nitrogens with zero attached hydrogens (tertiary/aromatic N) is 1. The van der Waals surface area contributed by atoms with Crippen LogP contribution in [0.25, 0.3) is 0 Å². The van der Waals surface area contributed by atoms with E-state index >= 15 is 0 Å². The minimum absolute atomic E-state index is 0.108. The SMILES string of the molecule is CSc1ccc([C@H]2C3=C(CCCC3=O)Nc3ccccc3N2C(=O)c2ccccc2)cc1. The van der Waals surface area contributed by atoms with Crippen LogP contribution >= 0.6 is 11.8 Å². The van der Waals surface area contributed by atoms with E-state index < -0.39 is 6.04 Å². The molecule has 0 aromatic heterocycles. The molecule has 1 aliphatic heterocycles. The Balaban J connectivity index is 1.76. The Labute approximate surface area is 192 Å². The van der Waals surface area contributed by atoms with Crippen LogP contribution in [0.15, 0.2) is 95.0 Å². The number of Topliss-reactive ketones (excluding diaryl/α,β-unsaturated/α-hetero) is 1. The maximum atomic E-state index is 14.0. The number of carbonyl (C=O) groups is 2. The van der Waals surface area contributed by atoms with Crippen molar-refractivity contribution in [3.63, 3.8) is 0 Å². The number of thioether (sulfide) groups is 1. The molecule has 2 aliphatic rings. The number of nitrogens with one attached hydrogen (secondary N) is 1. The van der Waals surface area contributed by atoms with E-state index in [9.17, 15) is 9.59 Å². The number of allylic oxidation sites excluding steroid dienone is 1. The topological polar surface area (TPSA) is 49.4 Å². The molecule has 1 atom stereocenters. The van der Waals surface area contributed by atoms with Crippen molar-refractivity contribution < 1.29 is 9.59 Å². The van der Waals surface area contributed by atoms with Crippen molar-refractivity contribution in [2.24, 2.45) is 0 Å². The quantitative estimate of drug-likeness (QED) is 0.491. The number of carbonyl (C=O) groups excluding carboxylic acids is 2. The number of hydrogen-bond acceptors (Lipinski definition) is 4. The summed E-state index contributed by atoms with van der Waals surface area (Å²) in [5.74, 6) is -0.0118. The van der Waals surface area contributed by atoms with Gasteiger partial charge in [-0.1, -0.05) is 42.5 Å². The van der Waals surface area contributed by atoms with Crippen LogP contribution in [0, 0.1) is 0 Å². The molecule has 5 rings (SSSR count). The monoisotopic (exact) mass is 440 g/mol. The first-order valence-corrected chi connectivity index (χ1v) is 12.0. The van der Waals surface area contributed by atoms with E-state index in [2.05, 4.69) is 17.4 Å². The van der Waals surface area contributed by atoms with Crippen LogP contribution in [0.5, 0.6) is 0 Å². The number of benzene rings is 3. The summed E-state index contributed by atoms with van der Waals surface area (Å²) in [6, 6.07) is 24.8. The van der Waals surface area contributed by atoms with Gasteiger partial charge in [0, 0.05) is 28.1 Å². The zero-order valence-corrected chi connectivity index (χ0v) is 18.7. The van der Waals surface area contributed by atoms with E-state index in [0.29, 0.717) is 17.6 Å².